The maximum absolute atomic E-state index is 11.1. The van der Waals surface area contributed by atoms with Crippen LogP contribution in [0, 0.1) is 0 Å². The van der Waals surface area contributed by atoms with E-state index in [1.165, 1.54) is 18.4 Å². The molecule has 0 radical (unpaired) electrons. The molecule has 14 heavy (non-hydrogen) atoms. The third-order valence-electron chi connectivity index (χ3n) is 1.88. The molecule has 0 saturated carbocycles. The van der Waals surface area contributed by atoms with Crippen molar-refractivity contribution in [2.45, 2.75) is 12.5 Å². The lowest BCUT2D eigenvalue weighted by atomic mass is 10.2. The first-order chi connectivity index (χ1) is 6.67. The van der Waals surface area contributed by atoms with Crippen molar-refractivity contribution < 1.29 is 9.53 Å². The summed E-state index contributed by atoms with van der Waals surface area (Å²) in [5, 5.41) is 3.05. The third kappa shape index (κ3) is 2.97. The SMILES string of the molecule is CNC(CC(=O)OC)c1ccc(Cl)s1. The lowest BCUT2D eigenvalue weighted by Gasteiger charge is -2.12. The van der Waals surface area contributed by atoms with Crippen molar-refractivity contribution in [3.63, 3.8) is 0 Å². The summed E-state index contributed by atoms with van der Waals surface area (Å²) >= 11 is 7.27. The number of hydrogen-bond acceptors (Lipinski definition) is 4. The molecule has 1 rings (SSSR count). The van der Waals surface area contributed by atoms with Crippen molar-refractivity contribution in [3.8, 4) is 0 Å². The molecule has 1 N–H and O–H groups in total. The number of ether oxygens (including phenoxy) is 1. The number of hydrogen-bond donors (Lipinski definition) is 1. The summed E-state index contributed by atoms with van der Waals surface area (Å²) in [5.74, 6) is -0.228. The summed E-state index contributed by atoms with van der Waals surface area (Å²) in [5.41, 5.74) is 0. The highest BCUT2D eigenvalue weighted by atomic mass is 35.5. The average Bonchev–Trinajstić information content (AvgIpc) is 2.60. The maximum atomic E-state index is 11.1. The third-order valence-corrected chi connectivity index (χ3v) is 3.23. The van der Waals surface area contributed by atoms with Crippen LogP contribution in [0.2, 0.25) is 4.34 Å². The van der Waals surface area contributed by atoms with Crippen LogP contribution in [0.1, 0.15) is 17.3 Å². The first kappa shape index (κ1) is 11.5. The van der Waals surface area contributed by atoms with Crippen LogP contribution >= 0.6 is 22.9 Å². The van der Waals surface area contributed by atoms with E-state index in [4.69, 9.17) is 11.6 Å². The lowest BCUT2D eigenvalue weighted by Crippen LogP contribution is -2.19. The van der Waals surface area contributed by atoms with Crippen LogP contribution in [0.3, 0.4) is 0 Å². The van der Waals surface area contributed by atoms with Gasteiger partial charge in [-0.15, -0.1) is 11.3 Å². The molecular weight excluding hydrogens is 222 g/mol. The predicted octanol–water partition coefficient (Wildman–Crippen LogP) is 2.23. The van der Waals surface area contributed by atoms with Gasteiger partial charge in [-0.25, -0.2) is 0 Å². The minimum Gasteiger partial charge on any atom is -0.469 e. The summed E-state index contributed by atoms with van der Waals surface area (Å²) < 4.78 is 5.33. The van der Waals surface area contributed by atoms with Gasteiger partial charge < -0.3 is 10.1 Å². The van der Waals surface area contributed by atoms with E-state index in [1.807, 2.05) is 12.1 Å². The summed E-state index contributed by atoms with van der Waals surface area (Å²) in [7, 11) is 3.19. The Morgan fingerprint density at radius 1 is 1.71 bits per heavy atom. The second kappa shape index (κ2) is 5.34. The van der Waals surface area contributed by atoms with Gasteiger partial charge in [0.05, 0.1) is 23.9 Å². The number of rotatable bonds is 4. The lowest BCUT2D eigenvalue weighted by molar-refractivity contribution is -0.141. The first-order valence-corrected chi connectivity index (χ1v) is 5.36. The molecule has 1 atom stereocenters. The predicted molar refractivity (Wildman–Crippen MR) is 57.8 cm³/mol. The van der Waals surface area contributed by atoms with Gasteiger partial charge in [-0.3, -0.25) is 4.79 Å². The Morgan fingerprint density at radius 2 is 2.43 bits per heavy atom. The molecule has 1 unspecified atom stereocenters. The van der Waals surface area contributed by atoms with Crippen molar-refractivity contribution in [3.05, 3.63) is 21.3 Å². The highest BCUT2D eigenvalue weighted by Gasteiger charge is 2.15. The zero-order valence-electron chi connectivity index (χ0n) is 8.04. The van der Waals surface area contributed by atoms with E-state index in [0.717, 1.165) is 9.21 Å². The van der Waals surface area contributed by atoms with E-state index in [-0.39, 0.29) is 12.0 Å². The van der Waals surface area contributed by atoms with Gasteiger partial charge in [-0.1, -0.05) is 11.6 Å². The van der Waals surface area contributed by atoms with Gasteiger partial charge in [-0.2, -0.15) is 0 Å². The number of thiophene rings is 1. The molecule has 0 amide bonds. The van der Waals surface area contributed by atoms with Gasteiger partial charge in [0, 0.05) is 4.88 Å². The van der Waals surface area contributed by atoms with Crippen LogP contribution in [0.25, 0.3) is 0 Å². The number of esters is 1. The Kier molecular flexibility index (Phi) is 4.38. The van der Waals surface area contributed by atoms with Crippen LogP contribution in [0.4, 0.5) is 0 Å². The van der Waals surface area contributed by atoms with Gasteiger partial charge in [-0.05, 0) is 19.2 Å². The zero-order valence-corrected chi connectivity index (χ0v) is 9.61. The molecule has 0 saturated heterocycles. The normalized spacial score (nSPS) is 12.5. The Hall–Kier alpha value is -0.580. The number of carbonyl (C=O) groups excluding carboxylic acids is 1. The molecule has 1 heterocycles. The molecule has 0 spiro atoms. The summed E-state index contributed by atoms with van der Waals surface area (Å²) in [6, 6.07) is 3.72. The van der Waals surface area contributed by atoms with Crippen molar-refractivity contribution in [2.24, 2.45) is 0 Å². The second-order valence-corrected chi connectivity index (χ2v) is 4.51. The van der Waals surface area contributed by atoms with Gasteiger partial charge in [0.25, 0.3) is 0 Å². The summed E-state index contributed by atoms with van der Waals surface area (Å²) in [4.78, 5) is 12.1. The number of halogens is 1. The highest BCUT2D eigenvalue weighted by molar-refractivity contribution is 7.16. The van der Waals surface area contributed by atoms with Gasteiger partial charge in [0.1, 0.15) is 0 Å². The van der Waals surface area contributed by atoms with Crippen LogP contribution in [0.15, 0.2) is 12.1 Å². The molecule has 1 aromatic rings. The second-order valence-electron chi connectivity index (χ2n) is 2.76. The fourth-order valence-corrected chi connectivity index (χ4v) is 2.28. The van der Waals surface area contributed by atoms with Crippen LogP contribution < -0.4 is 5.32 Å². The van der Waals surface area contributed by atoms with E-state index in [2.05, 4.69) is 10.1 Å². The Labute approximate surface area is 92.0 Å². The highest BCUT2D eigenvalue weighted by Crippen LogP contribution is 2.28. The van der Waals surface area contributed by atoms with Crippen LogP contribution in [0.5, 0.6) is 0 Å². The maximum Gasteiger partial charge on any atom is 0.307 e. The molecule has 0 bridgehead atoms. The fraction of sp³-hybridized carbons (Fsp3) is 0.444. The first-order valence-electron chi connectivity index (χ1n) is 4.16. The number of nitrogens with one attached hydrogen (secondary N) is 1. The number of methoxy groups -OCH3 is 1. The Balaban J connectivity index is 2.67. The van der Waals surface area contributed by atoms with Gasteiger partial charge >= 0.3 is 5.97 Å². The number of carbonyl (C=O) groups is 1. The molecule has 0 aliphatic carbocycles. The molecular formula is C9H12ClNO2S. The van der Waals surface area contributed by atoms with Crippen LogP contribution in [-0.2, 0) is 9.53 Å². The van der Waals surface area contributed by atoms with Crippen molar-refractivity contribution in [2.75, 3.05) is 14.2 Å². The minimum absolute atomic E-state index is 0.0139. The molecule has 0 aliphatic heterocycles. The molecule has 0 aliphatic rings. The molecule has 0 aromatic carbocycles. The van der Waals surface area contributed by atoms with E-state index in [9.17, 15) is 4.79 Å². The molecule has 5 heteroatoms. The Bertz CT molecular complexity index is 314. The zero-order chi connectivity index (χ0) is 10.6. The minimum atomic E-state index is -0.228. The van der Waals surface area contributed by atoms with E-state index in [0.29, 0.717) is 6.42 Å². The van der Waals surface area contributed by atoms with E-state index >= 15 is 0 Å². The van der Waals surface area contributed by atoms with Crippen molar-refractivity contribution in [1.82, 2.24) is 5.32 Å². The van der Waals surface area contributed by atoms with E-state index < -0.39 is 0 Å². The van der Waals surface area contributed by atoms with Crippen LogP contribution in [-0.4, -0.2) is 20.1 Å². The summed E-state index contributed by atoms with van der Waals surface area (Å²) in [6.07, 6.45) is 0.323. The quantitative estimate of drug-likeness (QED) is 0.811. The summed E-state index contributed by atoms with van der Waals surface area (Å²) in [6.45, 7) is 0. The van der Waals surface area contributed by atoms with Gasteiger partial charge in [0.2, 0.25) is 0 Å². The molecule has 1 aromatic heterocycles. The average molecular weight is 234 g/mol. The fourth-order valence-electron chi connectivity index (χ4n) is 1.11. The molecule has 78 valence electrons. The smallest absolute Gasteiger partial charge is 0.307 e. The molecule has 0 fully saturated rings. The van der Waals surface area contributed by atoms with E-state index in [1.54, 1.807) is 7.05 Å². The monoisotopic (exact) mass is 233 g/mol. The van der Waals surface area contributed by atoms with Gasteiger partial charge in [0.15, 0.2) is 0 Å². The topological polar surface area (TPSA) is 38.3 Å². The van der Waals surface area contributed by atoms with Crippen molar-refractivity contribution in [1.29, 1.82) is 0 Å². The molecule has 3 nitrogen and oxygen atoms in total. The van der Waals surface area contributed by atoms with Crippen molar-refractivity contribution >= 4 is 28.9 Å². The standard InChI is InChI=1S/C9H12ClNO2S/c1-11-6(5-9(12)13-2)7-3-4-8(10)14-7/h3-4,6,11H,5H2,1-2H3. The Morgan fingerprint density at radius 3 is 2.86 bits per heavy atom. The largest absolute Gasteiger partial charge is 0.469 e.